The smallest absolute Gasteiger partial charge is 0.0465 e. The van der Waals surface area contributed by atoms with Gasteiger partial charge in [0.2, 0.25) is 0 Å². The van der Waals surface area contributed by atoms with E-state index in [1.54, 1.807) is 0 Å². The van der Waals surface area contributed by atoms with E-state index in [9.17, 15) is 0 Å². The normalized spacial score (nSPS) is 11.0. The van der Waals surface area contributed by atoms with E-state index in [0.29, 0.717) is 6.54 Å². The zero-order valence-corrected chi connectivity index (χ0v) is 10.4. The fourth-order valence-corrected chi connectivity index (χ4v) is 1.96. The van der Waals surface area contributed by atoms with Gasteiger partial charge in [-0.3, -0.25) is 4.90 Å². The van der Waals surface area contributed by atoms with E-state index in [-0.39, 0.29) is 0 Å². The van der Waals surface area contributed by atoms with Crippen molar-refractivity contribution in [3.63, 3.8) is 0 Å². The van der Waals surface area contributed by atoms with Crippen LogP contribution in [0.2, 0.25) is 10.0 Å². The van der Waals surface area contributed by atoms with Gasteiger partial charge in [-0.2, -0.15) is 0 Å². The molecule has 15 heavy (non-hydrogen) atoms. The molecule has 0 unspecified atom stereocenters. The third-order valence-corrected chi connectivity index (χ3v) is 3.04. The maximum Gasteiger partial charge on any atom is 0.0465 e. The van der Waals surface area contributed by atoms with Crippen LogP contribution in [0.15, 0.2) is 18.2 Å². The molecule has 4 heteroatoms. The lowest BCUT2D eigenvalue weighted by atomic mass is 10.2. The standard InChI is InChI=1S/C11H16Cl2N2/c1-2-15(7-6-14)8-9-10(12)4-3-5-11(9)13/h3-5H,2,6-8,14H2,1H3. The number of benzene rings is 1. The number of hydrogen-bond donors (Lipinski definition) is 1. The van der Waals surface area contributed by atoms with Crippen molar-refractivity contribution in [2.24, 2.45) is 5.73 Å². The molecule has 2 nitrogen and oxygen atoms in total. The van der Waals surface area contributed by atoms with Crippen LogP contribution < -0.4 is 5.73 Å². The molecule has 0 atom stereocenters. The summed E-state index contributed by atoms with van der Waals surface area (Å²) in [6, 6.07) is 5.57. The number of nitrogens with zero attached hydrogens (tertiary/aromatic N) is 1. The van der Waals surface area contributed by atoms with Gasteiger partial charge in [0.1, 0.15) is 0 Å². The molecule has 0 aliphatic heterocycles. The van der Waals surface area contributed by atoms with Crippen LogP contribution in [0.5, 0.6) is 0 Å². The van der Waals surface area contributed by atoms with Crippen molar-refractivity contribution < 1.29 is 0 Å². The Hall–Kier alpha value is -0.280. The second-order valence-corrected chi connectivity index (χ2v) is 4.17. The van der Waals surface area contributed by atoms with Gasteiger partial charge in [0.25, 0.3) is 0 Å². The lowest BCUT2D eigenvalue weighted by Gasteiger charge is -2.20. The van der Waals surface area contributed by atoms with Crippen LogP contribution in [-0.2, 0) is 6.54 Å². The van der Waals surface area contributed by atoms with Crippen molar-refractivity contribution in [3.05, 3.63) is 33.8 Å². The molecule has 2 N–H and O–H groups in total. The van der Waals surface area contributed by atoms with Crippen molar-refractivity contribution in [2.75, 3.05) is 19.6 Å². The maximum absolute atomic E-state index is 6.09. The van der Waals surface area contributed by atoms with Gasteiger partial charge in [-0.25, -0.2) is 0 Å². The average molecular weight is 247 g/mol. The summed E-state index contributed by atoms with van der Waals surface area (Å²) in [4.78, 5) is 2.22. The summed E-state index contributed by atoms with van der Waals surface area (Å²) < 4.78 is 0. The highest BCUT2D eigenvalue weighted by Crippen LogP contribution is 2.25. The Labute approximate surface area is 101 Å². The molecule has 0 aromatic heterocycles. The molecule has 0 saturated heterocycles. The third-order valence-electron chi connectivity index (χ3n) is 2.34. The monoisotopic (exact) mass is 246 g/mol. The summed E-state index contributed by atoms with van der Waals surface area (Å²) in [5.41, 5.74) is 6.51. The molecule has 1 aromatic rings. The van der Waals surface area contributed by atoms with Crippen molar-refractivity contribution in [1.29, 1.82) is 0 Å². The summed E-state index contributed by atoms with van der Waals surface area (Å²) in [6.07, 6.45) is 0. The van der Waals surface area contributed by atoms with Crippen LogP contribution in [0.3, 0.4) is 0 Å². The molecular formula is C11H16Cl2N2. The Morgan fingerprint density at radius 3 is 2.33 bits per heavy atom. The van der Waals surface area contributed by atoms with E-state index in [2.05, 4.69) is 11.8 Å². The largest absolute Gasteiger partial charge is 0.329 e. The average Bonchev–Trinajstić information content (AvgIpc) is 2.22. The zero-order chi connectivity index (χ0) is 11.3. The molecule has 0 bridgehead atoms. The van der Waals surface area contributed by atoms with E-state index >= 15 is 0 Å². The molecule has 0 spiro atoms. The molecular weight excluding hydrogens is 231 g/mol. The summed E-state index contributed by atoms with van der Waals surface area (Å²) in [5, 5.41) is 1.44. The van der Waals surface area contributed by atoms with Gasteiger partial charge in [0.15, 0.2) is 0 Å². The van der Waals surface area contributed by atoms with Gasteiger partial charge in [-0.15, -0.1) is 0 Å². The number of likely N-dealkylation sites (N-methyl/N-ethyl adjacent to an activating group) is 1. The van der Waals surface area contributed by atoms with Crippen molar-refractivity contribution in [1.82, 2.24) is 4.90 Å². The SMILES string of the molecule is CCN(CCN)Cc1c(Cl)cccc1Cl. The second kappa shape index (κ2) is 6.33. The van der Waals surface area contributed by atoms with E-state index in [4.69, 9.17) is 28.9 Å². The summed E-state index contributed by atoms with van der Waals surface area (Å²) in [6.45, 7) is 5.30. The predicted octanol–water partition coefficient (Wildman–Crippen LogP) is 2.77. The van der Waals surface area contributed by atoms with E-state index in [1.807, 2.05) is 18.2 Å². The van der Waals surface area contributed by atoms with Gasteiger partial charge in [-0.1, -0.05) is 36.2 Å². The van der Waals surface area contributed by atoms with E-state index in [1.165, 1.54) is 0 Å². The molecule has 84 valence electrons. The lowest BCUT2D eigenvalue weighted by Crippen LogP contribution is -2.29. The Bertz CT molecular complexity index is 295. The highest BCUT2D eigenvalue weighted by Gasteiger charge is 2.09. The van der Waals surface area contributed by atoms with Crippen molar-refractivity contribution in [2.45, 2.75) is 13.5 Å². The lowest BCUT2D eigenvalue weighted by molar-refractivity contribution is 0.288. The third kappa shape index (κ3) is 3.65. The highest BCUT2D eigenvalue weighted by molar-refractivity contribution is 6.35. The van der Waals surface area contributed by atoms with Crippen molar-refractivity contribution >= 4 is 23.2 Å². The minimum atomic E-state index is 0.649. The van der Waals surface area contributed by atoms with Crippen molar-refractivity contribution in [3.8, 4) is 0 Å². The molecule has 0 heterocycles. The summed E-state index contributed by atoms with van der Waals surface area (Å²) >= 11 is 12.2. The van der Waals surface area contributed by atoms with E-state index in [0.717, 1.165) is 35.2 Å². The Kier molecular flexibility index (Phi) is 5.40. The first-order chi connectivity index (χ1) is 7.19. The highest BCUT2D eigenvalue weighted by atomic mass is 35.5. The van der Waals surface area contributed by atoms with Crippen LogP contribution in [-0.4, -0.2) is 24.5 Å². The van der Waals surface area contributed by atoms with Gasteiger partial charge >= 0.3 is 0 Å². The summed E-state index contributed by atoms with van der Waals surface area (Å²) in [5.74, 6) is 0. The van der Waals surface area contributed by atoms with Crippen LogP contribution >= 0.6 is 23.2 Å². The molecule has 0 aliphatic rings. The Morgan fingerprint density at radius 1 is 1.27 bits per heavy atom. The number of hydrogen-bond acceptors (Lipinski definition) is 2. The molecule has 0 amide bonds. The number of rotatable bonds is 5. The maximum atomic E-state index is 6.09. The van der Waals surface area contributed by atoms with E-state index < -0.39 is 0 Å². The Morgan fingerprint density at radius 2 is 1.87 bits per heavy atom. The summed E-state index contributed by atoms with van der Waals surface area (Å²) in [7, 11) is 0. The fourth-order valence-electron chi connectivity index (χ4n) is 1.44. The number of nitrogens with two attached hydrogens (primary N) is 1. The Balaban J connectivity index is 2.78. The second-order valence-electron chi connectivity index (χ2n) is 3.36. The van der Waals surface area contributed by atoms with Gasteiger partial charge in [-0.05, 0) is 18.7 Å². The van der Waals surface area contributed by atoms with Crippen LogP contribution in [0.1, 0.15) is 12.5 Å². The molecule has 1 aromatic carbocycles. The minimum Gasteiger partial charge on any atom is -0.329 e. The topological polar surface area (TPSA) is 29.3 Å². The quantitative estimate of drug-likeness (QED) is 0.866. The first-order valence-corrected chi connectivity index (χ1v) is 5.80. The predicted molar refractivity (Wildman–Crippen MR) is 66.5 cm³/mol. The zero-order valence-electron chi connectivity index (χ0n) is 8.84. The van der Waals surface area contributed by atoms with Gasteiger partial charge in [0, 0.05) is 35.2 Å². The van der Waals surface area contributed by atoms with Crippen LogP contribution in [0.4, 0.5) is 0 Å². The first kappa shape index (κ1) is 12.8. The molecule has 0 saturated carbocycles. The minimum absolute atomic E-state index is 0.649. The number of halogens is 2. The molecule has 0 radical (unpaired) electrons. The molecule has 1 rings (SSSR count). The first-order valence-electron chi connectivity index (χ1n) is 5.04. The molecule has 0 aliphatic carbocycles. The molecule has 0 fully saturated rings. The van der Waals surface area contributed by atoms with Crippen LogP contribution in [0, 0.1) is 0 Å². The van der Waals surface area contributed by atoms with Gasteiger partial charge in [0.05, 0.1) is 0 Å². The van der Waals surface area contributed by atoms with Crippen LogP contribution in [0.25, 0.3) is 0 Å². The van der Waals surface area contributed by atoms with Gasteiger partial charge < -0.3 is 5.73 Å². The fraction of sp³-hybridized carbons (Fsp3) is 0.455.